The van der Waals surface area contributed by atoms with Crippen molar-refractivity contribution >= 4 is 0 Å². The van der Waals surface area contributed by atoms with Crippen LogP contribution >= 0.6 is 0 Å². The molecule has 1 atom stereocenters. The van der Waals surface area contributed by atoms with Crippen molar-refractivity contribution in [1.29, 1.82) is 5.26 Å². The number of rotatable bonds is 6. The Labute approximate surface area is 75.4 Å². The summed E-state index contributed by atoms with van der Waals surface area (Å²) in [7, 11) is 4.17. The summed E-state index contributed by atoms with van der Waals surface area (Å²) in [5.41, 5.74) is 0. The van der Waals surface area contributed by atoms with Crippen LogP contribution in [-0.2, 0) is 0 Å². The predicted molar refractivity (Wildman–Crippen MR) is 50.9 cm³/mol. The zero-order valence-electron chi connectivity index (χ0n) is 8.30. The molecule has 12 heavy (non-hydrogen) atoms. The van der Waals surface area contributed by atoms with Crippen molar-refractivity contribution in [3.05, 3.63) is 0 Å². The molecule has 0 bridgehead atoms. The molecule has 0 aliphatic carbocycles. The van der Waals surface area contributed by atoms with Crippen LogP contribution in [-0.4, -0.2) is 38.1 Å². The molecule has 3 nitrogen and oxygen atoms in total. The van der Waals surface area contributed by atoms with Crippen LogP contribution in [0.15, 0.2) is 0 Å². The first-order valence-electron chi connectivity index (χ1n) is 4.42. The Morgan fingerprint density at radius 2 is 2.08 bits per heavy atom. The van der Waals surface area contributed by atoms with E-state index < -0.39 is 0 Å². The fourth-order valence-corrected chi connectivity index (χ4v) is 0.838. The molecule has 70 valence electrons. The molecule has 0 aromatic heterocycles. The second kappa shape index (κ2) is 7.08. The Bertz CT molecular complexity index is 137. The van der Waals surface area contributed by atoms with Gasteiger partial charge in [0.25, 0.3) is 0 Å². The van der Waals surface area contributed by atoms with Gasteiger partial charge in [-0.05, 0) is 34.0 Å². The quantitative estimate of drug-likeness (QED) is 0.599. The zero-order valence-corrected chi connectivity index (χ0v) is 8.30. The lowest BCUT2D eigenvalue weighted by Gasteiger charge is -2.19. The minimum absolute atomic E-state index is 0.607. The number of hydrogen-bond donors (Lipinski definition) is 1. The van der Waals surface area contributed by atoms with Gasteiger partial charge in [-0.1, -0.05) is 0 Å². The van der Waals surface area contributed by atoms with Crippen molar-refractivity contribution in [2.75, 3.05) is 27.2 Å². The van der Waals surface area contributed by atoms with Crippen LogP contribution in [0.1, 0.15) is 19.8 Å². The number of nitriles is 1. The molecule has 0 radical (unpaired) electrons. The molecule has 1 N–H and O–H groups in total. The van der Waals surface area contributed by atoms with Crippen molar-refractivity contribution in [3.8, 4) is 6.07 Å². The minimum Gasteiger partial charge on any atom is -0.316 e. The first-order chi connectivity index (χ1) is 5.68. The van der Waals surface area contributed by atoms with Crippen LogP contribution in [0.3, 0.4) is 0 Å². The van der Waals surface area contributed by atoms with Crippen molar-refractivity contribution in [2.24, 2.45) is 0 Å². The molecule has 0 heterocycles. The van der Waals surface area contributed by atoms with Crippen LogP contribution in [0.2, 0.25) is 0 Å². The van der Waals surface area contributed by atoms with E-state index in [9.17, 15) is 0 Å². The van der Waals surface area contributed by atoms with Gasteiger partial charge in [-0.15, -0.1) is 0 Å². The van der Waals surface area contributed by atoms with E-state index in [1.54, 1.807) is 0 Å². The highest BCUT2D eigenvalue weighted by atomic mass is 15.1. The fraction of sp³-hybridized carbons (Fsp3) is 0.889. The van der Waals surface area contributed by atoms with E-state index in [0.29, 0.717) is 12.5 Å². The van der Waals surface area contributed by atoms with E-state index in [1.165, 1.54) is 0 Å². The molecule has 1 unspecified atom stereocenters. The molecule has 0 aliphatic rings. The normalized spacial score (nSPS) is 12.9. The summed E-state index contributed by atoms with van der Waals surface area (Å²) in [5.74, 6) is 0. The number of nitrogens with one attached hydrogen (secondary N) is 1. The highest BCUT2D eigenvalue weighted by Gasteiger charge is 2.02. The lowest BCUT2D eigenvalue weighted by molar-refractivity contribution is 0.296. The smallest absolute Gasteiger partial charge is 0.0635 e. The minimum atomic E-state index is 0.607. The average Bonchev–Trinajstić information content (AvgIpc) is 2.03. The van der Waals surface area contributed by atoms with Crippen LogP contribution in [0.5, 0.6) is 0 Å². The van der Waals surface area contributed by atoms with Crippen molar-refractivity contribution < 1.29 is 0 Å². The monoisotopic (exact) mass is 169 g/mol. The van der Waals surface area contributed by atoms with Crippen molar-refractivity contribution in [2.45, 2.75) is 25.8 Å². The standard InChI is InChI=1S/C9H19N3/c1-9(12(2)3)5-8-11-7-4-6-10/h9,11H,4-5,7-8H2,1-3H3. The molecule has 0 aromatic rings. The summed E-state index contributed by atoms with van der Waals surface area (Å²) >= 11 is 0. The van der Waals surface area contributed by atoms with Gasteiger partial charge in [-0.2, -0.15) is 5.26 Å². The molecule has 0 spiro atoms. The molecule has 0 saturated heterocycles. The Morgan fingerprint density at radius 3 is 2.58 bits per heavy atom. The first kappa shape index (κ1) is 11.4. The van der Waals surface area contributed by atoms with E-state index in [-0.39, 0.29) is 0 Å². The molecule has 0 aromatic carbocycles. The van der Waals surface area contributed by atoms with Gasteiger partial charge in [0.1, 0.15) is 0 Å². The van der Waals surface area contributed by atoms with E-state index in [4.69, 9.17) is 5.26 Å². The number of hydrogen-bond acceptors (Lipinski definition) is 3. The highest BCUT2D eigenvalue weighted by Crippen LogP contribution is 1.95. The SMILES string of the molecule is CC(CCNCCC#N)N(C)C. The molecule has 0 aliphatic heterocycles. The van der Waals surface area contributed by atoms with Gasteiger partial charge in [0, 0.05) is 19.0 Å². The topological polar surface area (TPSA) is 39.1 Å². The van der Waals surface area contributed by atoms with E-state index in [0.717, 1.165) is 19.5 Å². The first-order valence-corrected chi connectivity index (χ1v) is 4.42. The summed E-state index contributed by atoms with van der Waals surface area (Å²) in [6.07, 6.45) is 1.74. The molecule has 0 fully saturated rings. The van der Waals surface area contributed by atoms with Crippen molar-refractivity contribution in [3.63, 3.8) is 0 Å². The second-order valence-electron chi connectivity index (χ2n) is 3.26. The Hall–Kier alpha value is -0.590. The Balaban J connectivity index is 3.15. The Kier molecular flexibility index (Phi) is 6.73. The van der Waals surface area contributed by atoms with Gasteiger partial charge < -0.3 is 10.2 Å². The van der Waals surface area contributed by atoms with Crippen LogP contribution in [0.4, 0.5) is 0 Å². The molecule has 0 saturated carbocycles. The average molecular weight is 169 g/mol. The molecule has 3 heteroatoms. The molecule has 0 amide bonds. The van der Waals surface area contributed by atoms with Gasteiger partial charge in [0.15, 0.2) is 0 Å². The largest absolute Gasteiger partial charge is 0.316 e. The van der Waals surface area contributed by atoms with Crippen molar-refractivity contribution in [1.82, 2.24) is 10.2 Å². The summed E-state index contributed by atoms with van der Waals surface area (Å²) in [6, 6.07) is 2.72. The fourth-order valence-electron chi connectivity index (χ4n) is 0.838. The third-order valence-electron chi connectivity index (χ3n) is 2.03. The van der Waals surface area contributed by atoms with E-state index in [1.807, 2.05) is 0 Å². The maximum absolute atomic E-state index is 8.26. The maximum atomic E-state index is 8.26. The van der Waals surface area contributed by atoms with Crippen LogP contribution in [0.25, 0.3) is 0 Å². The van der Waals surface area contributed by atoms with Gasteiger partial charge in [0.2, 0.25) is 0 Å². The molecule has 0 rings (SSSR count). The third-order valence-corrected chi connectivity index (χ3v) is 2.03. The summed E-state index contributed by atoms with van der Waals surface area (Å²) in [5, 5.41) is 11.5. The summed E-state index contributed by atoms with van der Waals surface area (Å²) in [6.45, 7) is 4.02. The lowest BCUT2D eigenvalue weighted by Crippen LogP contribution is -2.29. The van der Waals surface area contributed by atoms with E-state index >= 15 is 0 Å². The second-order valence-corrected chi connectivity index (χ2v) is 3.26. The predicted octanol–water partition coefficient (Wildman–Crippen LogP) is 0.830. The highest BCUT2D eigenvalue weighted by molar-refractivity contribution is 4.70. The Morgan fingerprint density at radius 1 is 1.42 bits per heavy atom. The van der Waals surface area contributed by atoms with Gasteiger partial charge in [-0.25, -0.2) is 0 Å². The van der Waals surface area contributed by atoms with Crippen LogP contribution < -0.4 is 5.32 Å². The molecular weight excluding hydrogens is 150 g/mol. The molecular formula is C9H19N3. The third kappa shape index (κ3) is 6.14. The van der Waals surface area contributed by atoms with Gasteiger partial charge in [-0.3, -0.25) is 0 Å². The lowest BCUT2D eigenvalue weighted by atomic mass is 10.2. The summed E-state index contributed by atoms with van der Waals surface area (Å²) < 4.78 is 0. The van der Waals surface area contributed by atoms with Gasteiger partial charge in [0.05, 0.1) is 6.07 Å². The van der Waals surface area contributed by atoms with Gasteiger partial charge >= 0.3 is 0 Å². The summed E-state index contributed by atoms with van der Waals surface area (Å²) in [4.78, 5) is 2.20. The zero-order chi connectivity index (χ0) is 9.40. The van der Waals surface area contributed by atoms with Crippen LogP contribution in [0, 0.1) is 11.3 Å². The van der Waals surface area contributed by atoms with E-state index in [2.05, 4.69) is 37.3 Å². The maximum Gasteiger partial charge on any atom is 0.0635 e. The number of nitrogens with zero attached hydrogens (tertiary/aromatic N) is 2.